The molecule has 0 radical (unpaired) electrons. The summed E-state index contributed by atoms with van der Waals surface area (Å²) in [6.45, 7) is 1.80. The molecule has 0 bridgehead atoms. The summed E-state index contributed by atoms with van der Waals surface area (Å²) in [5.74, 6) is -1.73. The standard InChI is InChI=1S/C17H21FN2O4/c1-12(17(23)19-14-7-5-6-13(18)10-14)24-16(22)11-20-9-4-2-3-8-15(20)21/h5-7,10,12H,2-4,8-9,11H2,1H3,(H,19,23)/t12-/m0/s1. The zero-order chi connectivity index (χ0) is 17.5. The Morgan fingerprint density at radius 3 is 2.88 bits per heavy atom. The number of anilines is 1. The van der Waals surface area contributed by atoms with E-state index in [0.717, 1.165) is 19.3 Å². The molecule has 1 atom stereocenters. The Bertz CT molecular complexity index is 620. The SMILES string of the molecule is C[C@H](OC(=O)CN1CCCCCC1=O)C(=O)Nc1cccc(F)c1. The summed E-state index contributed by atoms with van der Waals surface area (Å²) in [5.41, 5.74) is 0.283. The molecule has 0 saturated carbocycles. The van der Waals surface area contributed by atoms with Crippen molar-refractivity contribution in [3.8, 4) is 0 Å². The lowest BCUT2D eigenvalue weighted by atomic mass is 10.2. The second-order valence-corrected chi connectivity index (χ2v) is 5.76. The lowest BCUT2D eigenvalue weighted by molar-refractivity contribution is -0.156. The fourth-order valence-corrected chi connectivity index (χ4v) is 2.46. The highest BCUT2D eigenvalue weighted by Gasteiger charge is 2.23. The maximum atomic E-state index is 13.1. The molecule has 7 heteroatoms. The number of benzene rings is 1. The Morgan fingerprint density at radius 1 is 1.33 bits per heavy atom. The molecule has 1 saturated heterocycles. The molecule has 1 aromatic carbocycles. The Morgan fingerprint density at radius 2 is 2.12 bits per heavy atom. The van der Waals surface area contributed by atoms with Crippen molar-refractivity contribution in [1.82, 2.24) is 4.90 Å². The maximum absolute atomic E-state index is 13.1. The van der Waals surface area contributed by atoms with Crippen LogP contribution in [0.1, 0.15) is 32.6 Å². The van der Waals surface area contributed by atoms with Crippen LogP contribution in [0.2, 0.25) is 0 Å². The molecule has 1 aliphatic rings. The fraction of sp³-hybridized carbons (Fsp3) is 0.471. The number of hydrogen-bond acceptors (Lipinski definition) is 4. The molecule has 2 amide bonds. The van der Waals surface area contributed by atoms with Crippen molar-refractivity contribution in [2.75, 3.05) is 18.4 Å². The van der Waals surface area contributed by atoms with Crippen LogP contribution in [0.15, 0.2) is 24.3 Å². The van der Waals surface area contributed by atoms with Gasteiger partial charge in [-0.2, -0.15) is 0 Å². The van der Waals surface area contributed by atoms with Crippen LogP contribution in [0.25, 0.3) is 0 Å². The van der Waals surface area contributed by atoms with Crippen LogP contribution in [0, 0.1) is 5.82 Å². The van der Waals surface area contributed by atoms with Gasteiger partial charge in [-0.15, -0.1) is 0 Å². The Labute approximate surface area is 140 Å². The lowest BCUT2D eigenvalue weighted by Gasteiger charge is -2.20. The van der Waals surface area contributed by atoms with Gasteiger partial charge in [0.2, 0.25) is 5.91 Å². The minimum absolute atomic E-state index is 0.0682. The third-order valence-corrected chi connectivity index (χ3v) is 3.76. The van der Waals surface area contributed by atoms with E-state index in [0.29, 0.717) is 13.0 Å². The van der Waals surface area contributed by atoms with Gasteiger partial charge in [0.25, 0.3) is 5.91 Å². The Balaban J connectivity index is 1.84. The van der Waals surface area contributed by atoms with E-state index < -0.39 is 23.8 Å². The summed E-state index contributed by atoms with van der Waals surface area (Å²) in [4.78, 5) is 37.2. The number of ether oxygens (including phenoxy) is 1. The normalized spacial score (nSPS) is 16.2. The van der Waals surface area contributed by atoms with Crippen LogP contribution in [-0.4, -0.2) is 41.9 Å². The molecule has 2 rings (SSSR count). The van der Waals surface area contributed by atoms with Crippen LogP contribution in [0.3, 0.4) is 0 Å². The number of carbonyl (C=O) groups is 3. The highest BCUT2D eigenvalue weighted by molar-refractivity contribution is 5.95. The molecule has 130 valence electrons. The van der Waals surface area contributed by atoms with Crippen molar-refractivity contribution in [3.63, 3.8) is 0 Å². The van der Waals surface area contributed by atoms with Gasteiger partial charge < -0.3 is 15.0 Å². The van der Waals surface area contributed by atoms with E-state index in [4.69, 9.17) is 4.74 Å². The summed E-state index contributed by atoms with van der Waals surface area (Å²) in [6.07, 6.45) is 2.04. The van der Waals surface area contributed by atoms with Crippen molar-refractivity contribution in [3.05, 3.63) is 30.1 Å². The number of carbonyl (C=O) groups excluding carboxylic acids is 3. The zero-order valence-electron chi connectivity index (χ0n) is 13.6. The molecule has 0 aromatic heterocycles. The third-order valence-electron chi connectivity index (χ3n) is 3.76. The summed E-state index contributed by atoms with van der Waals surface area (Å²) in [6, 6.07) is 5.43. The van der Waals surface area contributed by atoms with E-state index in [2.05, 4.69) is 5.32 Å². The second kappa shape index (κ2) is 8.42. The van der Waals surface area contributed by atoms with Crippen molar-refractivity contribution in [2.24, 2.45) is 0 Å². The first-order chi connectivity index (χ1) is 11.5. The number of nitrogens with one attached hydrogen (secondary N) is 1. The average Bonchev–Trinajstić information content (AvgIpc) is 2.72. The van der Waals surface area contributed by atoms with E-state index in [1.165, 1.54) is 36.1 Å². The number of likely N-dealkylation sites (tertiary alicyclic amines) is 1. The van der Waals surface area contributed by atoms with E-state index in [9.17, 15) is 18.8 Å². The van der Waals surface area contributed by atoms with Gasteiger partial charge in [-0.05, 0) is 38.0 Å². The van der Waals surface area contributed by atoms with Gasteiger partial charge in [-0.3, -0.25) is 14.4 Å². The van der Waals surface area contributed by atoms with E-state index in [1.54, 1.807) is 0 Å². The first kappa shape index (κ1) is 17.9. The predicted octanol–water partition coefficient (Wildman–Crippen LogP) is 2.10. The van der Waals surface area contributed by atoms with Crippen LogP contribution < -0.4 is 5.32 Å². The molecule has 0 spiro atoms. The van der Waals surface area contributed by atoms with E-state index in [-0.39, 0.29) is 18.1 Å². The number of halogens is 1. The number of rotatable bonds is 5. The number of nitrogens with zero attached hydrogens (tertiary/aromatic N) is 1. The number of hydrogen-bond donors (Lipinski definition) is 1. The molecule has 1 fully saturated rings. The van der Waals surface area contributed by atoms with E-state index in [1.807, 2.05) is 0 Å². The smallest absolute Gasteiger partial charge is 0.326 e. The molecule has 1 aliphatic heterocycles. The molecule has 1 aromatic rings. The van der Waals surface area contributed by atoms with Crippen molar-refractivity contribution in [2.45, 2.75) is 38.7 Å². The number of amides is 2. The molecule has 0 aliphatic carbocycles. The van der Waals surface area contributed by atoms with Gasteiger partial charge >= 0.3 is 5.97 Å². The summed E-state index contributed by atoms with van der Waals surface area (Å²) < 4.78 is 18.2. The van der Waals surface area contributed by atoms with Crippen molar-refractivity contribution in [1.29, 1.82) is 0 Å². The van der Waals surface area contributed by atoms with Gasteiger partial charge in [-0.1, -0.05) is 12.5 Å². The van der Waals surface area contributed by atoms with Crippen LogP contribution in [0.5, 0.6) is 0 Å². The molecular weight excluding hydrogens is 315 g/mol. The molecule has 0 unspecified atom stereocenters. The summed E-state index contributed by atoms with van der Waals surface area (Å²) >= 11 is 0. The first-order valence-electron chi connectivity index (χ1n) is 7.99. The van der Waals surface area contributed by atoms with Gasteiger partial charge in [0.15, 0.2) is 6.10 Å². The molecule has 1 heterocycles. The summed E-state index contributed by atoms with van der Waals surface area (Å²) in [5, 5.41) is 2.47. The minimum Gasteiger partial charge on any atom is -0.451 e. The molecule has 1 N–H and O–H groups in total. The monoisotopic (exact) mass is 336 g/mol. The van der Waals surface area contributed by atoms with Crippen LogP contribution >= 0.6 is 0 Å². The number of esters is 1. The van der Waals surface area contributed by atoms with Crippen LogP contribution in [-0.2, 0) is 19.1 Å². The topological polar surface area (TPSA) is 75.7 Å². The van der Waals surface area contributed by atoms with Gasteiger partial charge in [-0.25, -0.2) is 4.39 Å². The lowest BCUT2D eigenvalue weighted by Crippen LogP contribution is -2.38. The minimum atomic E-state index is -1.04. The highest BCUT2D eigenvalue weighted by atomic mass is 19.1. The first-order valence-corrected chi connectivity index (χ1v) is 7.99. The maximum Gasteiger partial charge on any atom is 0.326 e. The Kier molecular flexibility index (Phi) is 6.28. The second-order valence-electron chi connectivity index (χ2n) is 5.76. The zero-order valence-corrected chi connectivity index (χ0v) is 13.6. The summed E-state index contributed by atoms with van der Waals surface area (Å²) in [7, 11) is 0. The van der Waals surface area contributed by atoms with Gasteiger partial charge in [0.05, 0.1) is 0 Å². The van der Waals surface area contributed by atoms with Crippen molar-refractivity contribution < 1.29 is 23.5 Å². The average molecular weight is 336 g/mol. The van der Waals surface area contributed by atoms with Crippen LogP contribution in [0.4, 0.5) is 10.1 Å². The third kappa shape index (κ3) is 5.33. The van der Waals surface area contributed by atoms with E-state index >= 15 is 0 Å². The molecule has 6 nitrogen and oxygen atoms in total. The van der Waals surface area contributed by atoms with Gasteiger partial charge in [0, 0.05) is 18.7 Å². The van der Waals surface area contributed by atoms with Gasteiger partial charge in [0.1, 0.15) is 12.4 Å². The quantitative estimate of drug-likeness (QED) is 0.836. The fourth-order valence-electron chi connectivity index (χ4n) is 2.46. The largest absolute Gasteiger partial charge is 0.451 e. The Hall–Kier alpha value is -2.44. The predicted molar refractivity (Wildman–Crippen MR) is 85.6 cm³/mol. The highest BCUT2D eigenvalue weighted by Crippen LogP contribution is 2.12. The van der Waals surface area contributed by atoms with Crippen molar-refractivity contribution >= 4 is 23.5 Å². The molecular formula is C17H21FN2O4. The molecule has 24 heavy (non-hydrogen) atoms.